The predicted molar refractivity (Wildman–Crippen MR) is 119 cm³/mol. The molecule has 162 valence electrons. The Balaban J connectivity index is 1.89. The third-order valence-corrected chi connectivity index (χ3v) is 7.35. The van der Waals surface area contributed by atoms with Crippen molar-refractivity contribution in [3.8, 4) is 0 Å². The number of sulfonamides is 1. The van der Waals surface area contributed by atoms with E-state index in [-0.39, 0.29) is 6.61 Å². The summed E-state index contributed by atoms with van der Waals surface area (Å²) in [5, 5.41) is 3.49. The number of nitrogens with zero attached hydrogens (tertiary/aromatic N) is 1. The molecule has 1 aliphatic carbocycles. The summed E-state index contributed by atoms with van der Waals surface area (Å²) < 4.78 is 30.9. The first-order valence-corrected chi connectivity index (χ1v) is 12.5. The van der Waals surface area contributed by atoms with Crippen molar-refractivity contribution in [1.29, 1.82) is 0 Å². The molecule has 1 aliphatic rings. The van der Waals surface area contributed by atoms with E-state index in [1.807, 2.05) is 0 Å². The van der Waals surface area contributed by atoms with Gasteiger partial charge in [0, 0.05) is 9.90 Å². The van der Waals surface area contributed by atoms with Gasteiger partial charge < -0.3 is 10.1 Å². The summed E-state index contributed by atoms with van der Waals surface area (Å²) in [6.45, 7) is 3.25. The second-order valence-electron chi connectivity index (χ2n) is 7.03. The van der Waals surface area contributed by atoms with Gasteiger partial charge in [0.2, 0.25) is 15.9 Å². The molecule has 10 heteroatoms. The molecule has 0 bridgehead atoms. The van der Waals surface area contributed by atoms with Gasteiger partial charge in [-0.15, -0.1) is 11.3 Å². The topological polar surface area (TPSA) is 92.8 Å². The molecule has 30 heavy (non-hydrogen) atoms. The Morgan fingerprint density at radius 3 is 2.70 bits per heavy atom. The van der Waals surface area contributed by atoms with Crippen LogP contribution in [0.1, 0.15) is 39.7 Å². The molecule has 0 radical (unpaired) electrons. The van der Waals surface area contributed by atoms with E-state index in [1.165, 1.54) is 17.4 Å². The van der Waals surface area contributed by atoms with Crippen LogP contribution in [0.3, 0.4) is 0 Å². The van der Waals surface area contributed by atoms with Crippen molar-refractivity contribution in [2.75, 3.05) is 29.0 Å². The van der Waals surface area contributed by atoms with E-state index in [4.69, 9.17) is 16.3 Å². The van der Waals surface area contributed by atoms with E-state index in [2.05, 4.69) is 5.32 Å². The largest absolute Gasteiger partial charge is 0.462 e. The van der Waals surface area contributed by atoms with Crippen LogP contribution in [0.25, 0.3) is 0 Å². The quantitative estimate of drug-likeness (QED) is 0.621. The van der Waals surface area contributed by atoms with Crippen LogP contribution in [0.5, 0.6) is 0 Å². The number of rotatable bonds is 7. The zero-order chi connectivity index (χ0) is 22.1. The van der Waals surface area contributed by atoms with Crippen LogP contribution in [-0.2, 0) is 32.4 Å². The summed E-state index contributed by atoms with van der Waals surface area (Å²) >= 11 is 7.38. The number of esters is 1. The lowest BCUT2D eigenvalue weighted by Gasteiger charge is -2.23. The molecule has 0 aliphatic heterocycles. The Morgan fingerprint density at radius 1 is 1.30 bits per heavy atom. The normalized spacial score (nSPS) is 13.1. The van der Waals surface area contributed by atoms with Crippen molar-refractivity contribution in [3.63, 3.8) is 0 Å². The third-order valence-electron chi connectivity index (χ3n) is 4.78. The van der Waals surface area contributed by atoms with Crippen molar-refractivity contribution < 1.29 is 22.7 Å². The molecule has 1 heterocycles. The highest BCUT2D eigenvalue weighted by Gasteiger charge is 2.29. The van der Waals surface area contributed by atoms with E-state index < -0.39 is 28.4 Å². The van der Waals surface area contributed by atoms with Gasteiger partial charge >= 0.3 is 5.97 Å². The Kier molecular flexibility index (Phi) is 6.74. The number of nitrogens with one attached hydrogen (secondary N) is 1. The zero-order valence-electron chi connectivity index (χ0n) is 17.0. The first-order chi connectivity index (χ1) is 14.1. The fourth-order valence-corrected chi connectivity index (χ4v) is 5.81. The third kappa shape index (κ3) is 4.79. The molecule has 0 unspecified atom stereocenters. The van der Waals surface area contributed by atoms with Crippen LogP contribution in [0, 0.1) is 6.92 Å². The van der Waals surface area contributed by atoms with Crippen LogP contribution in [-0.4, -0.2) is 39.7 Å². The molecule has 1 N–H and O–H groups in total. The van der Waals surface area contributed by atoms with Gasteiger partial charge in [-0.05, 0) is 56.4 Å². The monoisotopic (exact) mass is 470 g/mol. The van der Waals surface area contributed by atoms with Gasteiger partial charge in [0.1, 0.15) is 11.5 Å². The number of anilines is 2. The average Bonchev–Trinajstić information content (AvgIpc) is 3.21. The van der Waals surface area contributed by atoms with Crippen LogP contribution in [0.15, 0.2) is 18.2 Å². The summed E-state index contributed by atoms with van der Waals surface area (Å²) in [5.41, 5.74) is 2.30. The van der Waals surface area contributed by atoms with Gasteiger partial charge in [-0.25, -0.2) is 13.2 Å². The van der Waals surface area contributed by atoms with E-state index >= 15 is 0 Å². The number of halogens is 1. The average molecular weight is 471 g/mol. The highest BCUT2D eigenvalue weighted by molar-refractivity contribution is 7.92. The van der Waals surface area contributed by atoms with Crippen LogP contribution < -0.4 is 9.62 Å². The summed E-state index contributed by atoms with van der Waals surface area (Å²) in [7, 11) is -3.75. The first-order valence-electron chi connectivity index (χ1n) is 9.47. The minimum atomic E-state index is -3.75. The van der Waals surface area contributed by atoms with Crippen molar-refractivity contribution in [2.24, 2.45) is 0 Å². The van der Waals surface area contributed by atoms with Gasteiger partial charge in [-0.1, -0.05) is 17.7 Å². The molecule has 0 atom stereocenters. The number of fused-ring (bicyclic) bond motifs is 1. The number of benzene rings is 1. The number of ether oxygens (including phenoxy) is 1. The van der Waals surface area contributed by atoms with Gasteiger partial charge in [0.15, 0.2) is 0 Å². The Bertz CT molecular complexity index is 1090. The van der Waals surface area contributed by atoms with Crippen molar-refractivity contribution in [2.45, 2.75) is 33.1 Å². The first kappa shape index (κ1) is 22.6. The summed E-state index contributed by atoms with van der Waals surface area (Å²) in [5.74, 6) is -1.02. The molecular weight excluding hydrogens is 448 g/mol. The molecule has 3 rings (SSSR count). The molecule has 0 spiro atoms. The number of thiophene rings is 1. The summed E-state index contributed by atoms with van der Waals surface area (Å²) in [4.78, 5) is 26.3. The minimum Gasteiger partial charge on any atom is -0.462 e. The summed E-state index contributed by atoms with van der Waals surface area (Å²) in [6, 6.07) is 4.85. The van der Waals surface area contributed by atoms with E-state index in [9.17, 15) is 18.0 Å². The van der Waals surface area contributed by atoms with Gasteiger partial charge in [-0.2, -0.15) is 0 Å². The Hall–Kier alpha value is -2.10. The molecule has 2 aromatic rings. The maximum atomic E-state index is 12.8. The Morgan fingerprint density at radius 2 is 2.03 bits per heavy atom. The number of amides is 1. The maximum absolute atomic E-state index is 12.8. The fourth-order valence-electron chi connectivity index (χ4n) is 3.44. The lowest BCUT2D eigenvalue weighted by molar-refractivity contribution is -0.114. The zero-order valence-corrected chi connectivity index (χ0v) is 19.3. The molecule has 7 nitrogen and oxygen atoms in total. The smallest absolute Gasteiger partial charge is 0.341 e. The molecule has 1 aromatic heterocycles. The van der Waals surface area contributed by atoms with Crippen molar-refractivity contribution in [1.82, 2.24) is 0 Å². The van der Waals surface area contributed by atoms with E-state index in [1.54, 1.807) is 26.0 Å². The number of hydrogen-bond acceptors (Lipinski definition) is 6. The second-order valence-corrected chi connectivity index (χ2v) is 10.5. The number of carbonyl (C=O) groups is 2. The van der Waals surface area contributed by atoms with E-state index in [0.717, 1.165) is 40.3 Å². The number of hydrogen-bond donors (Lipinski definition) is 1. The van der Waals surface area contributed by atoms with Crippen molar-refractivity contribution >= 4 is 55.5 Å². The number of carbonyl (C=O) groups excluding carboxylic acids is 2. The fraction of sp³-hybridized carbons (Fsp3) is 0.400. The van der Waals surface area contributed by atoms with Crippen LogP contribution in [0.4, 0.5) is 10.7 Å². The lowest BCUT2D eigenvalue weighted by atomic mass is 10.1. The van der Waals surface area contributed by atoms with E-state index in [0.29, 0.717) is 26.8 Å². The summed E-state index contributed by atoms with van der Waals surface area (Å²) in [6.07, 6.45) is 3.59. The molecule has 0 saturated carbocycles. The molecule has 0 fully saturated rings. The molecule has 1 aromatic carbocycles. The van der Waals surface area contributed by atoms with Crippen LogP contribution >= 0.6 is 22.9 Å². The highest BCUT2D eigenvalue weighted by atomic mass is 35.5. The standard InChI is InChI=1S/C20H23ClN2O5S2/c1-4-28-20(25)18-14-6-5-7-16(14)29-19(18)22-17(24)11-23(30(3,26)27)15-10-13(21)9-8-12(15)2/h8-10H,4-7,11H2,1-3H3,(H,22,24). The maximum Gasteiger partial charge on any atom is 0.341 e. The highest BCUT2D eigenvalue weighted by Crippen LogP contribution is 2.39. The second kappa shape index (κ2) is 8.95. The minimum absolute atomic E-state index is 0.229. The van der Waals surface area contributed by atoms with Crippen LogP contribution in [0.2, 0.25) is 5.02 Å². The SMILES string of the molecule is CCOC(=O)c1c(NC(=O)CN(c2cc(Cl)ccc2C)S(C)(=O)=O)sc2c1CCC2. The molecule has 1 amide bonds. The lowest BCUT2D eigenvalue weighted by Crippen LogP contribution is -2.38. The van der Waals surface area contributed by atoms with Gasteiger partial charge in [0.05, 0.1) is 24.1 Å². The van der Waals surface area contributed by atoms with Gasteiger partial charge in [-0.3, -0.25) is 9.10 Å². The Labute approximate surface area is 185 Å². The predicted octanol–water partition coefficient (Wildman–Crippen LogP) is 3.78. The number of aryl methyl sites for hydroxylation is 2. The van der Waals surface area contributed by atoms with Crippen molar-refractivity contribution in [3.05, 3.63) is 44.8 Å². The molecular formula is C20H23ClN2O5S2. The van der Waals surface area contributed by atoms with Gasteiger partial charge in [0.25, 0.3) is 0 Å². The molecule has 0 saturated heterocycles.